The van der Waals surface area contributed by atoms with Gasteiger partial charge in [0.05, 0.1) is 40.3 Å². The molecule has 0 bridgehead atoms. The number of aromatic nitrogens is 4. The molecule has 0 radical (unpaired) electrons. The minimum atomic E-state index is -0.170. The topological polar surface area (TPSA) is 141 Å². The summed E-state index contributed by atoms with van der Waals surface area (Å²) in [6, 6.07) is 8.60. The van der Waals surface area contributed by atoms with Crippen LogP contribution < -0.4 is 15.5 Å². The van der Waals surface area contributed by atoms with Gasteiger partial charge in [-0.1, -0.05) is 11.6 Å². The molecule has 2 saturated carbocycles. The molecule has 1 saturated heterocycles. The molecule has 3 N–H and O–H groups in total. The SMILES string of the molecule is N#Cc1cc(Nc2nc(NC3CC3)c3ncc(C#N)n3n2)c(Cl)c(N2CCN([C@H]3C[C@H](O)C3)CC2)c1. The zero-order valence-corrected chi connectivity index (χ0v) is 20.3. The van der Waals surface area contributed by atoms with Crippen molar-refractivity contribution in [2.75, 3.05) is 41.7 Å². The van der Waals surface area contributed by atoms with E-state index in [1.54, 1.807) is 6.07 Å². The summed E-state index contributed by atoms with van der Waals surface area (Å²) in [6.45, 7) is 3.31. The standard InChI is InChI=1S/C24H25ClN10O/c25-21-19(30-24-31-22(29-15-1-2-15)23-28-13-17(12-27)35(23)32-24)7-14(11-26)8-20(21)34-5-3-33(4-6-34)16-9-18(36)10-16/h7-8,13,15-16,18,36H,1-6,9-10H2,(H2,29,30,31,32)/t16-,18-. The Morgan fingerprint density at radius 2 is 1.86 bits per heavy atom. The molecule has 3 heterocycles. The van der Waals surface area contributed by atoms with Crippen LogP contribution in [0.15, 0.2) is 18.3 Å². The lowest BCUT2D eigenvalue weighted by Gasteiger charge is -2.45. The second-order valence-corrected chi connectivity index (χ2v) is 9.97. The Kier molecular flexibility index (Phi) is 5.76. The van der Waals surface area contributed by atoms with Crippen LogP contribution in [0.5, 0.6) is 0 Å². The summed E-state index contributed by atoms with van der Waals surface area (Å²) < 4.78 is 1.46. The Bertz CT molecular complexity index is 1390. The van der Waals surface area contributed by atoms with Crippen molar-refractivity contribution >= 4 is 40.4 Å². The van der Waals surface area contributed by atoms with E-state index >= 15 is 0 Å². The Balaban J connectivity index is 1.29. The molecule has 36 heavy (non-hydrogen) atoms. The van der Waals surface area contributed by atoms with Gasteiger partial charge in [0.1, 0.15) is 6.07 Å². The second kappa shape index (κ2) is 9.10. The first-order valence-corrected chi connectivity index (χ1v) is 12.5. The number of fused-ring (bicyclic) bond motifs is 1. The van der Waals surface area contributed by atoms with Gasteiger partial charge < -0.3 is 20.6 Å². The first-order valence-electron chi connectivity index (χ1n) is 12.1. The van der Waals surface area contributed by atoms with Crippen molar-refractivity contribution in [1.82, 2.24) is 24.5 Å². The van der Waals surface area contributed by atoms with Crippen LogP contribution in [0.4, 0.5) is 23.1 Å². The molecule has 2 aliphatic carbocycles. The summed E-state index contributed by atoms with van der Waals surface area (Å²) in [5.74, 6) is 0.790. The largest absolute Gasteiger partial charge is 0.393 e. The molecule has 12 heteroatoms. The van der Waals surface area contributed by atoms with Crippen molar-refractivity contribution in [3.63, 3.8) is 0 Å². The van der Waals surface area contributed by atoms with Gasteiger partial charge in [-0.05, 0) is 37.8 Å². The summed E-state index contributed by atoms with van der Waals surface area (Å²) in [7, 11) is 0. The van der Waals surface area contributed by atoms with Crippen molar-refractivity contribution in [3.05, 3.63) is 34.6 Å². The van der Waals surface area contributed by atoms with Crippen LogP contribution in [0.3, 0.4) is 0 Å². The minimum absolute atomic E-state index is 0.170. The maximum absolute atomic E-state index is 9.69. The van der Waals surface area contributed by atoms with E-state index in [4.69, 9.17) is 11.6 Å². The third kappa shape index (κ3) is 4.26. The summed E-state index contributed by atoms with van der Waals surface area (Å²) in [5, 5.41) is 40.3. The van der Waals surface area contributed by atoms with E-state index in [0.29, 0.717) is 45.5 Å². The number of rotatable bonds is 6. The number of nitriles is 2. The maximum atomic E-state index is 9.69. The summed E-state index contributed by atoms with van der Waals surface area (Å²) in [6.07, 6.45) is 5.08. The number of nitrogens with one attached hydrogen (secondary N) is 2. The van der Waals surface area contributed by atoms with Gasteiger partial charge >= 0.3 is 0 Å². The summed E-state index contributed by atoms with van der Waals surface area (Å²) in [4.78, 5) is 13.5. The van der Waals surface area contributed by atoms with Crippen molar-refractivity contribution in [1.29, 1.82) is 10.5 Å². The van der Waals surface area contributed by atoms with Crippen LogP contribution in [0, 0.1) is 22.7 Å². The number of piperazine rings is 1. The second-order valence-electron chi connectivity index (χ2n) is 9.59. The van der Waals surface area contributed by atoms with E-state index in [0.717, 1.165) is 57.5 Å². The highest BCUT2D eigenvalue weighted by molar-refractivity contribution is 6.36. The molecular weight excluding hydrogens is 480 g/mol. The molecule has 3 aromatic rings. The van der Waals surface area contributed by atoms with Crippen molar-refractivity contribution in [2.45, 2.75) is 43.9 Å². The average Bonchev–Trinajstić information content (AvgIpc) is 3.59. The van der Waals surface area contributed by atoms with E-state index in [1.165, 1.54) is 10.7 Å². The van der Waals surface area contributed by atoms with E-state index in [-0.39, 0.29) is 12.1 Å². The molecule has 0 atom stereocenters. The molecule has 184 valence electrons. The summed E-state index contributed by atoms with van der Waals surface area (Å²) in [5.41, 5.74) is 2.55. The smallest absolute Gasteiger partial charge is 0.247 e. The number of aliphatic hydroxyl groups excluding tert-OH is 1. The third-order valence-electron chi connectivity index (χ3n) is 7.08. The fraction of sp³-hybridized carbons (Fsp3) is 0.458. The molecule has 0 spiro atoms. The molecule has 0 unspecified atom stereocenters. The van der Waals surface area contributed by atoms with E-state index in [9.17, 15) is 15.6 Å². The normalized spacial score (nSPS) is 22.1. The lowest BCUT2D eigenvalue weighted by Crippen LogP contribution is -2.55. The first kappa shape index (κ1) is 22.8. The molecule has 0 amide bonds. The zero-order chi connectivity index (χ0) is 24.8. The highest BCUT2D eigenvalue weighted by Gasteiger charge is 2.34. The number of nitrogens with zero attached hydrogens (tertiary/aromatic N) is 8. The van der Waals surface area contributed by atoms with Gasteiger partial charge in [-0.3, -0.25) is 4.90 Å². The van der Waals surface area contributed by atoms with Crippen LogP contribution >= 0.6 is 11.6 Å². The Hall–Kier alpha value is -3.64. The van der Waals surface area contributed by atoms with Gasteiger partial charge in [-0.25, -0.2) is 4.98 Å². The predicted molar refractivity (Wildman–Crippen MR) is 134 cm³/mol. The number of hydrogen-bond donors (Lipinski definition) is 3. The molecule has 3 aliphatic rings. The monoisotopic (exact) mass is 504 g/mol. The van der Waals surface area contributed by atoms with Crippen molar-refractivity contribution in [2.24, 2.45) is 0 Å². The van der Waals surface area contributed by atoms with E-state index < -0.39 is 0 Å². The minimum Gasteiger partial charge on any atom is -0.393 e. The van der Waals surface area contributed by atoms with Crippen LogP contribution in [0.2, 0.25) is 5.02 Å². The highest BCUT2D eigenvalue weighted by Crippen LogP contribution is 2.37. The van der Waals surface area contributed by atoms with E-state index in [1.807, 2.05) is 6.07 Å². The average molecular weight is 505 g/mol. The number of anilines is 4. The number of benzene rings is 1. The van der Waals surface area contributed by atoms with Crippen LogP contribution in [0.1, 0.15) is 36.9 Å². The molecule has 1 aliphatic heterocycles. The molecule has 3 fully saturated rings. The fourth-order valence-corrected chi connectivity index (χ4v) is 5.10. The molecular formula is C24H25ClN10O. The molecule has 6 rings (SSSR count). The third-order valence-corrected chi connectivity index (χ3v) is 7.48. The van der Waals surface area contributed by atoms with Crippen molar-refractivity contribution in [3.8, 4) is 12.1 Å². The molecule has 1 aromatic carbocycles. The Morgan fingerprint density at radius 1 is 1.08 bits per heavy atom. The number of imidazole rings is 1. The van der Waals surface area contributed by atoms with E-state index in [2.05, 4.69) is 47.6 Å². The van der Waals surface area contributed by atoms with Gasteiger partial charge in [0.25, 0.3) is 0 Å². The molecule has 2 aromatic heterocycles. The van der Waals surface area contributed by atoms with Crippen molar-refractivity contribution < 1.29 is 5.11 Å². The number of halogens is 1. The lowest BCUT2D eigenvalue weighted by atomic mass is 9.87. The number of aliphatic hydroxyl groups is 1. The van der Waals surface area contributed by atoms with Crippen LogP contribution in [0.25, 0.3) is 5.65 Å². The van der Waals surface area contributed by atoms with Gasteiger partial charge in [-0.15, -0.1) is 5.10 Å². The fourth-order valence-electron chi connectivity index (χ4n) is 4.83. The van der Waals surface area contributed by atoms with Gasteiger partial charge in [0, 0.05) is 38.3 Å². The van der Waals surface area contributed by atoms with Gasteiger partial charge in [0.15, 0.2) is 17.2 Å². The number of hydrogen-bond acceptors (Lipinski definition) is 10. The zero-order valence-electron chi connectivity index (χ0n) is 19.5. The Morgan fingerprint density at radius 3 is 2.53 bits per heavy atom. The van der Waals surface area contributed by atoms with Crippen LogP contribution in [-0.2, 0) is 0 Å². The van der Waals surface area contributed by atoms with Gasteiger partial charge in [-0.2, -0.15) is 20.0 Å². The molecule has 11 nitrogen and oxygen atoms in total. The summed E-state index contributed by atoms with van der Waals surface area (Å²) >= 11 is 6.86. The quantitative estimate of drug-likeness (QED) is 0.458. The highest BCUT2D eigenvalue weighted by atomic mass is 35.5. The lowest BCUT2D eigenvalue weighted by molar-refractivity contribution is -0.000359. The maximum Gasteiger partial charge on any atom is 0.247 e. The predicted octanol–water partition coefficient (Wildman–Crippen LogP) is 2.48. The Labute approximate surface area is 212 Å². The van der Waals surface area contributed by atoms with Gasteiger partial charge in [0.2, 0.25) is 5.95 Å². The first-order chi connectivity index (χ1) is 17.5. The van der Waals surface area contributed by atoms with Crippen LogP contribution in [-0.4, -0.2) is 74.0 Å².